The number of aryl methyl sites for hydroxylation is 1. The highest BCUT2D eigenvalue weighted by molar-refractivity contribution is 6.23. The van der Waals surface area contributed by atoms with Crippen LogP contribution in [0.2, 0.25) is 0 Å². The molecular formula is C27H23N3O3. The average molecular weight is 437 g/mol. The second kappa shape index (κ2) is 9.49. The minimum atomic E-state index is -0.884. The Kier molecular flexibility index (Phi) is 6.32. The van der Waals surface area contributed by atoms with Crippen LogP contribution in [0.1, 0.15) is 28.7 Å². The highest BCUT2D eigenvalue weighted by Crippen LogP contribution is 2.27. The van der Waals surface area contributed by atoms with Gasteiger partial charge in [-0.2, -0.15) is 5.26 Å². The van der Waals surface area contributed by atoms with Crippen LogP contribution in [0.15, 0.2) is 78.9 Å². The molecule has 33 heavy (non-hydrogen) atoms. The summed E-state index contributed by atoms with van der Waals surface area (Å²) in [6.45, 7) is 2.22. The molecule has 6 nitrogen and oxygen atoms in total. The fraction of sp³-hybridized carbons (Fsp3) is 0.185. The fourth-order valence-corrected chi connectivity index (χ4v) is 3.95. The fourth-order valence-electron chi connectivity index (χ4n) is 3.95. The number of amides is 3. The Hall–Kier alpha value is -4.24. The molecule has 1 atom stereocenters. The lowest BCUT2D eigenvalue weighted by Gasteiger charge is -2.28. The van der Waals surface area contributed by atoms with Crippen LogP contribution < -0.4 is 4.90 Å². The molecule has 1 aliphatic rings. The standard InChI is InChI=1S/C27H23N3O3/c1-19-7-9-22(10-8-19)18-29(25(31)15-20-5-3-2-4-6-20)24-16-26(32)30(27(24)33)23-13-11-21(17-28)12-14-23/h2-14,24H,15-16,18H2,1H3. The highest BCUT2D eigenvalue weighted by atomic mass is 16.2. The first kappa shape index (κ1) is 22.0. The van der Waals surface area contributed by atoms with Gasteiger partial charge in [0, 0.05) is 6.54 Å². The maximum absolute atomic E-state index is 13.4. The van der Waals surface area contributed by atoms with Crippen LogP contribution in [0.4, 0.5) is 5.69 Å². The molecule has 1 unspecified atom stereocenters. The average Bonchev–Trinajstić information content (AvgIpc) is 3.12. The Balaban J connectivity index is 1.63. The van der Waals surface area contributed by atoms with E-state index in [0.29, 0.717) is 11.3 Å². The molecule has 3 amide bonds. The second-order valence-electron chi connectivity index (χ2n) is 8.12. The summed E-state index contributed by atoms with van der Waals surface area (Å²) in [6, 6.07) is 24.5. The smallest absolute Gasteiger partial charge is 0.257 e. The molecule has 0 N–H and O–H groups in total. The second-order valence-corrected chi connectivity index (χ2v) is 8.12. The van der Waals surface area contributed by atoms with Crippen molar-refractivity contribution in [3.05, 3.63) is 101 Å². The number of anilines is 1. The van der Waals surface area contributed by atoms with Crippen LogP contribution in [0.3, 0.4) is 0 Å². The lowest BCUT2D eigenvalue weighted by molar-refractivity contribution is -0.138. The number of carbonyl (C=O) groups excluding carboxylic acids is 3. The van der Waals surface area contributed by atoms with Gasteiger partial charge in [-0.15, -0.1) is 0 Å². The van der Waals surface area contributed by atoms with Crippen LogP contribution in [0.5, 0.6) is 0 Å². The third-order valence-corrected chi connectivity index (χ3v) is 5.75. The van der Waals surface area contributed by atoms with E-state index in [1.54, 1.807) is 24.3 Å². The monoisotopic (exact) mass is 437 g/mol. The Morgan fingerprint density at radius 1 is 0.970 bits per heavy atom. The normalized spacial score (nSPS) is 15.4. The van der Waals surface area contributed by atoms with Gasteiger partial charge in [0.2, 0.25) is 11.8 Å². The highest BCUT2D eigenvalue weighted by Gasteiger charge is 2.44. The number of carbonyl (C=O) groups is 3. The van der Waals surface area contributed by atoms with Crippen LogP contribution in [0, 0.1) is 18.3 Å². The van der Waals surface area contributed by atoms with E-state index < -0.39 is 11.9 Å². The Labute approximate surface area is 192 Å². The van der Waals surface area contributed by atoms with Crippen LogP contribution in [0.25, 0.3) is 0 Å². The number of hydrogen-bond donors (Lipinski definition) is 0. The zero-order chi connectivity index (χ0) is 23.4. The summed E-state index contributed by atoms with van der Waals surface area (Å²) in [4.78, 5) is 42.2. The Morgan fingerprint density at radius 3 is 2.27 bits per heavy atom. The molecule has 0 bridgehead atoms. The van der Waals surface area contributed by atoms with E-state index >= 15 is 0 Å². The van der Waals surface area contributed by atoms with Crippen molar-refractivity contribution >= 4 is 23.4 Å². The summed E-state index contributed by atoms with van der Waals surface area (Å²) < 4.78 is 0. The molecule has 1 saturated heterocycles. The first-order valence-electron chi connectivity index (χ1n) is 10.7. The molecule has 0 radical (unpaired) electrons. The van der Waals surface area contributed by atoms with E-state index in [2.05, 4.69) is 0 Å². The first-order valence-corrected chi connectivity index (χ1v) is 10.7. The van der Waals surface area contributed by atoms with Crippen molar-refractivity contribution in [1.82, 2.24) is 4.90 Å². The summed E-state index contributed by atoms with van der Waals surface area (Å²) in [6.07, 6.45) is 0.0623. The zero-order valence-electron chi connectivity index (χ0n) is 18.3. The van der Waals surface area contributed by atoms with Crippen molar-refractivity contribution in [3.63, 3.8) is 0 Å². The summed E-state index contributed by atoms with van der Waals surface area (Å²) in [5.41, 5.74) is 3.67. The summed E-state index contributed by atoms with van der Waals surface area (Å²) in [7, 11) is 0. The number of imide groups is 1. The van der Waals surface area contributed by atoms with Crippen molar-refractivity contribution < 1.29 is 14.4 Å². The van der Waals surface area contributed by atoms with E-state index in [-0.39, 0.29) is 31.2 Å². The van der Waals surface area contributed by atoms with Gasteiger partial charge in [-0.25, -0.2) is 4.90 Å². The molecule has 1 heterocycles. The molecule has 1 fully saturated rings. The summed E-state index contributed by atoms with van der Waals surface area (Å²) >= 11 is 0. The third kappa shape index (κ3) is 4.83. The van der Waals surface area contributed by atoms with Crippen LogP contribution in [-0.2, 0) is 27.3 Å². The number of hydrogen-bond acceptors (Lipinski definition) is 4. The molecule has 164 valence electrons. The van der Waals surface area contributed by atoms with Gasteiger partial charge in [0.25, 0.3) is 5.91 Å². The molecule has 3 aromatic carbocycles. The number of rotatable bonds is 6. The summed E-state index contributed by atoms with van der Waals surface area (Å²) in [5.74, 6) is -1.01. The largest absolute Gasteiger partial charge is 0.325 e. The molecule has 0 saturated carbocycles. The van der Waals surface area contributed by atoms with Crippen molar-refractivity contribution in [1.29, 1.82) is 5.26 Å². The molecular weight excluding hydrogens is 414 g/mol. The maximum atomic E-state index is 13.4. The molecule has 3 aromatic rings. The first-order chi connectivity index (χ1) is 16.0. The van der Waals surface area contributed by atoms with Gasteiger partial charge in [0.1, 0.15) is 6.04 Å². The van der Waals surface area contributed by atoms with Crippen LogP contribution in [-0.4, -0.2) is 28.7 Å². The summed E-state index contributed by atoms with van der Waals surface area (Å²) in [5, 5.41) is 9.01. The Morgan fingerprint density at radius 2 is 1.64 bits per heavy atom. The number of nitriles is 1. The van der Waals surface area contributed by atoms with Gasteiger partial charge < -0.3 is 4.90 Å². The van der Waals surface area contributed by atoms with Crippen molar-refractivity contribution in [2.24, 2.45) is 0 Å². The van der Waals surface area contributed by atoms with Gasteiger partial charge in [0.15, 0.2) is 0 Å². The predicted octanol–water partition coefficient (Wildman–Crippen LogP) is 3.77. The molecule has 4 rings (SSSR count). The van der Waals surface area contributed by atoms with Crippen LogP contribution >= 0.6 is 0 Å². The van der Waals surface area contributed by atoms with E-state index in [1.165, 1.54) is 4.90 Å². The van der Waals surface area contributed by atoms with E-state index in [0.717, 1.165) is 21.6 Å². The topological polar surface area (TPSA) is 81.5 Å². The van der Waals surface area contributed by atoms with E-state index in [4.69, 9.17) is 5.26 Å². The zero-order valence-corrected chi connectivity index (χ0v) is 18.3. The van der Waals surface area contributed by atoms with Crippen molar-refractivity contribution in [3.8, 4) is 6.07 Å². The van der Waals surface area contributed by atoms with Gasteiger partial charge in [-0.05, 0) is 42.3 Å². The molecule has 0 aliphatic carbocycles. The minimum absolute atomic E-state index is 0.0781. The molecule has 0 spiro atoms. The number of nitrogens with zero attached hydrogens (tertiary/aromatic N) is 3. The minimum Gasteiger partial charge on any atom is -0.325 e. The van der Waals surface area contributed by atoms with Crippen molar-refractivity contribution in [2.75, 3.05) is 4.90 Å². The van der Waals surface area contributed by atoms with Gasteiger partial charge in [-0.1, -0.05) is 60.2 Å². The maximum Gasteiger partial charge on any atom is 0.257 e. The lowest BCUT2D eigenvalue weighted by atomic mass is 10.1. The van der Waals surface area contributed by atoms with Gasteiger partial charge in [-0.3, -0.25) is 14.4 Å². The van der Waals surface area contributed by atoms with Gasteiger partial charge >= 0.3 is 0 Å². The molecule has 6 heteroatoms. The lowest BCUT2D eigenvalue weighted by Crippen LogP contribution is -2.45. The quantitative estimate of drug-likeness (QED) is 0.550. The number of benzene rings is 3. The van der Waals surface area contributed by atoms with E-state index in [9.17, 15) is 14.4 Å². The SMILES string of the molecule is Cc1ccc(CN(C(=O)Cc2ccccc2)C2CC(=O)N(c3ccc(C#N)cc3)C2=O)cc1. The third-order valence-electron chi connectivity index (χ3n) is 5.75. The van der Waals surface area contributed by atoms with Gasteiger partial charge in [0.05, 0.1) is 30.2 Å². The van der Waals surface area contributed by atoms with Crippen molar-refractivity contribution in [2.45, 2.75) is 32.4 Å². The molecule has 1 aliphatic heterocycles. The molecule has 0 aromatic heterocycles. The Bertz CT molecular complexity index is 1210. The predicted molar refractivity (Wildman–Crippen MR) is 124 cm³/mol. The van der Waals surface area contributed by atoms with E-state index in [1.807, 2.05) is 67.6 Å².